The van der Waals surface area contributed by atoms with Gasteiger partial charge in [-0.1, -0.05) is 30.3 Å². The van der Waals surface area contributed by atoms with Crippen molar-refractivity contribution in [1.29, 1.82) is 5.26 Å². The zero-order valence-electron chi connectivity index (χ0n) is 25.2. The number of hydrogen-bond acceptors (Lipinski definition) is 9. The Hall–Kier alpha value is -4.79. The first-order chi connectivity index (χ1) is 21.7. The largest absolute Gasteiger partial charge is 0.485 e. The molecular formula is C33H34F3N3O6. The first-order valence-electron chi connectivity index (χ1n) is 14.7. The van der Waals surface area contributed by atoms with Crippen molar-refractivity contribution in [2.45, 2.75) is 52.7 Å². The maximum Gasteiger partial charge on any atom is 0.311 e. The van der Waals surface area contributed by atoms with Crippen LogP contribution in [0.5, 0.6) is 17.4 Å². The summed E-state index contributed by atoms with van der Waals surface area (Å²) in [6.45, 7) is 5.18. The summed E-state index contributed by atoms with van der Waals surface area (Å²) in [5, 5.41) is 9.43. The molecule has 3 atom stereocenters. The van der Waals surface area contributed by atoms with E-state index in [1.165, 1.54) is 23.1 Å². The molecule has 1 aliphatic carbocycles. The lowest BCUT2D eigenvalue weighted by molar-refractivity contribution is -0.155. The molecule has 45 heavy (non-hydrogen) atoms. The monoisotopic (exact) mass is 625 g/mol. The summed E-state index contributed by atoms with van der Waals surface area (Å²) >= 11 is 0. The number of nitrogens with zero attached hydrogens (tertiary/aromatic N) is 3. The van der Waals surface area contributed by atoms with Crippen molar-refractivity contribution in [1.82, 2.24) is 4.98 Å². The summed E-state index contributed by atoms with van der Waals surface area (Å²) < 4.78 is 68.6. The van der Waals surface area contributed by atoms with Gasteiger partial charge in [-0.25, -0.2) is 0 Å². The Bertz CT molecular complexity index is 1550. The summed E-state index contributed by atoms with van der Waals surface area (Å²) in [5.41, 5.74) is 0.183. The van der Waals surface area contributed by atoms with Gasteiger partial charge in [0, 0.05) is 18.7 Å². The number of rotatable bonds is 12. The number of carbonyl (C=O) groups is 2. The molecule has 4 rings (SSSR count). The van der Waals surface area contributed by atoms with Crippen LogP contribution in [0, 0.1) is 40.7 Å². The second kappa shape index (κ2) is 15.3. The minimum Gasteiger partial charge on any atom is -0.485 e. The van der Waals surface area contributed by atoms with Gasteiger partial charge in [-0.2, -0.15) is 23.4 Å². The zero-order chi connectivity index (χ0) is 32.5. The van der Waals surface area contributed by atoms with Crippen molar-refractivity contribution < 1.29 is 41.7 Å². The molecule has 9 nitrogen and oxygen atoms in total. The molecular weight excluding hydrogens is 591 g/mol. The number of benzene rings is 2. The fourth-order valence-corrected chi connectivity index (χ4v) is 5.48. The molecule has 0 spiro atoms. The Labute approximate surface area is 259 Å². The maximum atomic E-state index is 16.2. The van der Waals surface area contributed by atoms with E-state index in [9.17, 15) is 14.9 Å². The van der Waals surface area contributed by atoms with Crippen molar-refractivity contribution in [3.63, 3.8) is 0 Å². The van der Waals surface area contributed by atoms with Crippen LogP contribution in [-0.2, 0) is 25.7 Å². The third kappa shape index (κ3) is 7.66. The molecule has 1 heterocycles. The quantitative estimate of drug-likeness (QED) is 0.165. The molecule has 0 saturated heterocycles. The standard InChI is InChI=1S/C33H34F3N3O6/c1-4-39(24-14-13-22(32(40)42-5-2)17-23(24)33(41)43-6-3)29-27(34)30(36)38-31(28(29)35)45-26-16-21(18-37)12-15-25(26)44-19-20-10-8-7-9-11-20/h7-12,15-16,22-24H,4-6,13-14,17,19H2,1-3H3. The van der Waals surface area contributed by atoms with E-state index < -0.39 is 59.0 Å². The molecule has 1 saturated carbocycles. The van der Waals surface area contributed by atoms with Crippen LogP contribution in [0.3, 0.4) is 0 Å². The summed E-state index contributed by atoms with van der Waals surface area (Å²) in [7, 11) is 0. The number of ether oxygens (including phenoxy) is 4. The van der Waals surface area contributed by atoms with E-state index >= 15 is 13.2 Å². The number of aromatic nitrogens is 1. The van der Waals surface area contributed by atoms with Crippen LogP contribution in [0.2, 0.25) is 0 Å². The number of pyridine rings is 1. The first kappa shape index (κ1) is 33.1. The van der Waals surface area contributed by atoms with Crippen LogP contribution >= 0.6 is 0 Å². The van der Waals surface area contributed by atoms with Crippen LogP contribution < -0.4 is 14.4 Å². The molecule has 2 aromatic carbocycles. The fraction of sp³-hybridized carbons (Fsp3) is 0.394. The van der Waals surface area contributed by atoms with E-state index in [4.69, 9.17) is 18.9 Å². The molecule has 3 unspecified atom stereocenters. The summed E-state index contributed by atoms with van der Waals surface area (Å²) in [6.07, 6.45) is 0.475. The summed E-state index contributed by atoms with van der Waals surface area (Å²) in [6, 6.07) is 14.4. The van der Waals surface area contributed by atoms with Gasteiger partial charge >= 0.3 is 11.9 Å². The number of hydrogen-bond donors (Lipinski definition) is 0. The Morgan fingerprint density at radius 2 is 1.67 bits per heavy atom. The van der Waals surface area contributed by atoms with E-state index in [0.29, 0.717) is 0 Å². The number of nitriles is 1. The lowest BCUT2D eigenvalue weighted by Crippen LogP contribution is -2.49. The molecule has 3 aromatic rings. The third-order valence-electron chi connectivity index (χ3n) is 7.55. The fourth-order valence-electron chi connectivity index (χ4n) is 5.48. The third-order valence-corrected chi connectivity index (χ3v) is 7.55. The van der Waals surface area contributed by atoms with Gasteiger partial charge in [-0.15, -0.1) is 0 Å². The van der Waals surface area contributed by atoms with E-state index in [1.54, 1.807) is 20.8 Å². The van der Waals surface area contributed by atoms with Crippen LogP contribution in [-0.4, -0.2) is 42.7 Å². The van der Waals surface area contributed by atoms with Gasteiger partial charge in [0.2, 0.25) is 11.6 Å². The number of esters is 2. The van der Waals surface area contributed by atoms with Crippen molar-refractivity contribution in [2.24, 2.45) is 11.8 Å². The van der Waals surface area contributed by atoms with E-state index in [-0.39, 0.29) is 62.7 Å². The highest BCUT2D eigenvalue weighted by atomic mass is 19.2. The zero-order valence-corrected chi connectivity index (χ0v) is 25.2. The van der Waals surface area contributed by atoms with Crippen LogP contribution in [0.15, 0.2) is 48.5 Å². The number of halogens is 3. The predicted molar refractivity (Wildman–Crippen MR) is 157 cm³/mol. The van der Waals surface area contributed by atoms with Gasteiger partial charge < -0.3 is 23.8 Å². The molecule has 238 valence electrons. The highest BCUT2D eigenvalue weighted by Crippen LogP contribution is 2.41. The smallest absolute Gasteiger partial charge is 0.311 e. The van der Waals surface area contributed by atoms with E-state index in [0.717, 1.165) is 5.56 Å². The first-order valence-corrected chi connectivity index (χ1v) is 14.7. The van der Waals surface area contributed by atoms with Crippen molar-refractivity contribution in [3.05, 3.63) is 77.2 Å². The molecule has 0 bridgehead atoms. The molecule has 1 aromatic heterocycles. The topological polar surface area (TPSA) is 111 Å². The highest BCUT2D eigenvalue weighted by Gasteiger charge is 2.43. The SMILES string of the molecule is CCOC(=O)C1CCC(N(CC)c2c(F)c(F)nc(Oc3cc(C#N)ccc3OCc3ccccc3)c2F)C(C(=O)OCC)C1. The summed E-state index contributed by atoms with van der Waals surface area (Å²) in [4.78, 5) is 30.2. The van der Waals surface area contributed by atoms with Gasteiger partial charge in [-0.05, 0) is 57.7 Å². The minimum absolute atomic E-state index is 0.0298. The van der Waals surface area contributed by atoms with Crippen LogP contribution in [0.25, 0.3) is 0 Å². The Balaban J connectivity index is 1.70. The van der Waals surface area contributed by atoms with Crippen molar-refractivity contribution in [2.75, 3.05) is 24.7 Å². The highest BCUT2D eigenvalue weighted by molar-refractivity contribution is 5.78. The average Bonchev–Trinajstić information content (AvgIpc) is 3.05. The number of anilines is 1. The Kier molecular flexibility index (Phi) is 11.2. The Morgan fingerprint density at radius 1 is 0.956 bits per heavy atom. The number of carbonyl (C=O) groups excluding carboxylic acids is 2. The molecule has 0 radical (unpaired) electrons. The van der Waals surface area contributed by atoms with E-state index in [1.807, 2.05) is 36.4 Å². The molecule has 1 aliphatic rings. The predicted octanol–water partition coefficient (Wildman–Crippen LogP) is 6.48. The van der Waals surface area contributed by atoms with Crippen LogP contribution in [0.1, 0.15) is 51.2 Å². The van der Waals surface area contributed by atoms with E-state index in [2.05, 4.69) is 4.98 Å². The maximum absolute atomic E-state index is 16.2. The van der Waals surface area contributed by atoms with Gasteiger partial charge in [0.15, 0.2) is 11.5 Å². The van der Waals surface area contributed by atoms with Gasteiger partial charge in [0.05, 0.1) is 36.7 Å². The second-order valence-electron chi connectivity index (χ2n) is 10.3. The van der Waals surface area contributed by atoms with Gasteiger partial charge in [0.1, 0.15) is 12.3 Å². The second-order valence-corrected chi connectivity index (χ2v) is 10.3. The van der Waals surface area contributed by atoms with Crippen molar-refractivity contribution >= 4 is 17.6 Å². The summed E-state index contributed by atoms with van der Waals surface area (Å²) in [5.74, 6) is -8.13. The molecule has 0 amide bonds. The molecule has 0 aliphatic heterocycles. The van der Waals surface area contributed by atoms with Crippen LogP contribution in [0.4, 0.5) is 18.9 Å². The van der Waals surface area contributed by atoms with Gasteiger partial charge in [0.25, 0.3) is 11.8 Å². The van der Waals surface area contributed by atoms with Crippen molar-refractivity contribution in [3.8, 4) is 23.4 Å². The molecule has 1 fully saturated rings. The average molecular weight is 626 g/mol. The molecule has 12 heteroatoms. The lowest BCUT2D eigenvalue weighted by Gasteiger charge is -2.41. The lowest BCUT2D eigenvalue weighted by atomic mass is 9.77. The van der Waals surface area contributed by atoms with Gasteiger partial charge in [-0.3, -0.25) is 9.59 Å². The normalized spacial score (nSPS) is 17.6. The molecule has 0 N–H and O–H groups in total. The minimum atomic E-state index is -1.63. The Morgan fingerprint density at radius 3 is 2.33 bits per heavy atom.